The van der Waals surface area contributed by atoms with Crippen LogP contribution in [0.2, 0.25) is 10.2 Å². The first kappa shape index (κ1) is 16.1. The molecule has 0 saturated carbocycles. The van der Waals surface area contributed by atoms with Crippen LogP contribution in [0.25, 0.3) is 11.7 Å². The number of nitrogens with zero attached hydrogens (tertiary/aromatic N) is 2. The lowest BCUT2D eigenvalue weighted by atomic mass is 10.3. The zero-order chi connectivity index (χ0) is 16.4. The molecule has 0 spiro atoms. The summed E-state index contributed by atoms with van der Waals surface area (Å²) in [7, 11) is 0. The van der Waals surface area contributed by atoms with Crippen molar-refractivity contribution in [2.24, 2.45) is 0 Å². The Bertz CT molecular complexity index is 921. The van der Waals surface area contributed by atoms with Gasteiger partial charge in [-0.3, -0.25) is 9.20 Å². The largest absolute Gasteiger partial charge is 0.321 e. The minimum Gasteiger partial charge on any atom is -0.321 e. The number of hydrogen-bond donors (Lipinski definition) is 1. The first-order valence-corrected chi connectivity index (χ1v) is 8.16. The molecular formula is C16H10BrCl2N3O. The van der Waals surface area contributed by atoms with E-state index in [-0.39, 0.29) is 5.91 Å². The topological polar surface area (TPSA) is 46.4 Å². The van der Waals surface area contributed by atoms with E-state index in [0.717, 1.165) is 4.47 Å². The summed E-state index contributed by atoms with van der Waals surface area (Å²) in [6, 6.07) is 10.8. The maximum absolute atomic E-state index is 12.1. The zero-order valence-corrected chi connectivity index (χ0v) is 14.7. The highest BCUT2D eigenvalue weighted by atomic mass is 79.9. The Morgan fingerprint density at radius 3 is 2.87 bits per heavy atom. The van der Waals surface area contributed by atoms with Crippen LogP contribution < -0.4 is 5.32 Å². The van der Waals surface area contributed by atoms with Crippen LogP contribution in [-0.2, 0) is 4.79 Å². The van der Waals surface area contributed by atoms with Gasteiger partial charge >= 0.3 is 0 Å². The predicted octanol–water partition coefficient (Wildman–Crippen LogP) is 5.06. The molecule has 0 aliphatic heterocycles. The predicted molar refractivity (Wildman–Crippen MR) is 97.0 cm³/mol. The highest BCUT2D eigenvalue weighted by Gasteiger charge is 2.08. The average Bonchev–Trinajstić information content (AvgIpc) is 2.83. The lowest BCUT2D eigenvalue weighted by Crippen LogP contribution is -2.08. The smallest absolute Gasteiger partial charge is 0.248 e. The fraction of sp³-hybridized carbons (Fsp3) is 0. The number of amides is 1. The van der Waals surface area contributed by atoms with Gasteiger partial charge in [0.05, 0.1) is 16.4 Å². The van der Waals surface area contributed by atoms with E-state index in [2.05, 4.69) is 26.2 Å². The maximum Gasteiger partial charge on any atom is 0.248 e. The number of hydrogen-bond acceptors (Lipinski definition) is 2. The van der Waals surface area contributed by atoms with E-state index in [1.165, 1.54) is 6.08 Å². The zero-order valence-electron chi connectivity index (χ0n) is 11.6. The van der Waals surface area contributed by atoms with Crippen molar-refractivity contribution in [1.82, 2.24) is 9.38 Å². The first-order valence-electron chi connectivity index (χ1n) is 6.61. The lowest BCUT2D eigenvalue weighted by molar-refractivity contribution is -0.111. The fourth-order valence-corrected chi connectivity index (χ4v) is 3.02. The second-order valence-corrected chi connectivity index (χ2v) is 6.34. The van der Waals surface area contributed by atoms with Gasteiger partial charge in [0.15, 0.2) is 5.15 Å². The molecule has 1 amide bonds. The SMILES string of the molecule is O=C(/C=C/c1c(Cl)nc2ccccn12)Nc1ccc(Br)cc1Cl. The summed E-state index contributed by atoms with van der Waals surface area (Å²) in [5.41, 5.74) is 1.89. The third-order valence-electron chi connectivity index (χ3n) is 3.10. The molecule has 1 aromatic carbocycles. The normalized spacial score (nSPS) is 11.3. The number of anilines is 1. The first-order chi connectivity index (χ1) is 11.0. The highest BCUT2D eigenvalue weighted by molar-refractivity contribution is 9.10. The van der Waals surface area contributed by atoms with E-state index < -0.39 is 0 Å². The van der Waals surface area contributed by atoms with Gasteiger partial charge in [-0.2, -0.15) is 0 Å². The lowest BCUT2D eigenvalue weighted by Gasteiger charge is -2.05. The summed E-state index contributed by atoms with van der Waals surface area (Å²) >= 11 is 15.5. The van der Waals surface area contributed by atoms with E-state index in [9.17, 15) is 4.79 Å². The Hall–Kier alpha value is -1.82. The van der Waals surface area contributed by atoms with Gasteiger partial charge in [-0.1, -0.05) is 45.2 Å². The van der Waals surface area contributed by atoms with Crippen molar-refractivity contribution in [3.05, 3.63) is 69.0 Å². The van der Waals surface area contributed by atoms with Gasteiger partial charge in [0.2, 0.25) is 5.91 Å². The van der Waals surface area contributed by atoms with Crippen molar-refractivity contribution in [3.8, 4) is 0 Å². The number of rotatable bonds is 3. The number of pyridine rings is 1. The summed E-state index contributed by atoms with van der Waals surface area (Å²) in [5, 5.41) is 3.50. The van der Waals surface area contributed by atoms with Gasteiger partial charge in [0.25, 0.3) is 0 Å². The van der Waals surface area contributed by atoms with Gasteiger partial charge < -0.3 is 5.32 Å². The number of halogens is 3. The summed E-state index contributed by atoms with van der Waals surface area (Å²) in [5.74, 6) is -0.309. The molecule has 0 atom stereocenters. The molecular weight excluding hydrogens is 401 g/mol. The van der Waals surface area contributed by atoms with Crippen LogP contribution in [0.4, 0.5) is 5.69 Å². The number of carbonyl (C=O) groups excluding carboxylic acids is 1. The van der Waals surface area contributed by atoms with E-state index in [4.69, 9.17) is 23.2 Å². The van der Waals surface area contributed by atoms with E-state index in [1.807, 2.05) is 24.4 Å². The molecule has 7 heteroatoms. The van der Waals surface area contributed by atoms with E-state index >= 15 is 0 Å². The van der Waals surface area contributed by atoms with Crippen LogP contribution >= 0.6 is 39.1 Å². The Kier molecular flexibility index (Phi) is 4.71. The molecule has 0 aliphatic carbocycles. The quantitative estimate of drug-likeness (QED) is 0.613. The molecule has 0 radical (unpaired) electrons. The molecule has 1 N–H and O–H groups in total. The molecule has 116 valence electrons. The van der Waals surface area contributed by atoms with Crippen LogP contribution in [0.5, 0.6) is 0 Å². The molecule has 2 heterocycles. The third kappa shape index (κ3) is 3.58. The molecule has 2 aromatic heterocycles. The maximum atomic E-state index is 12.1. The Morgan fingerprint density at radius 2 is 2.09 bits per heavy atom. The standard InChI is InChI=1S/C16H10BrCl2N3O/c17-10-4-5-12(11(18)9-10)20-15(23)7-6-13-16(19)21-14-3-1-2-8-22(13)14/h1-9H,(H,20,23)/b7-6+. The van der Waals surface area contributed by atoms with Gasteiger partial charge in [-0.25, -0.2) is 4.98 Å². The second-order valence-electron chi connectivity index (χ2n) is 4.66. The summed E-state index contributed by atoms with van der Waals surface area (Å²) in [4.78, 5) is 16.3. The Morgan fingerprint density at radius 1 is 1.26 bits per heavy atom. The minimum atomic E-state index is -0.309. The Balaban J connectivity index is 1.81. The number of benzene rings is 1. The van der Waals surface area contributed by atoms with Gasteiger partial charge in [-0.05, 0) is 36.4 Å². The Labute approximate surface area is 150 Å². The van der Waals surface area contributed by atoms with E-state index in [1.54, 1.807) is 28.7 Å². The van der Waals surface area contributed by atoms with Crippen LogP contribution in [-0.4, -0.2) is 15.3 Å². The molecule has 0 fully saturated rings. The average molecular weight is 411 g/mol. The molecule has 0 aliphatic rings. The van der Waals surface area contributed by atoms with Crippen molar-refractivity contribution in [2.75, 3.05) is 5.32 Å². The molecule has 4 nitrogen and oxygen atoms in total. The van der Waals surface area contributed by atoms with Crippen molar-refractivity contribution < 1.29 is 4.79 Å². The third-order valence-corrected chi connectivity index (χ3v) is 4.19. The molecule has 0 unspecified atom stereocenters. The van der Waals surface area contributed by atoms with Gasteiger partial charge in [-0.15, -0.1) is 0 Å². The van der Waals surface area contributed by atoms with Crippen LogP contribution in [0.15, 0.2) is 53.1 Å². The number of nitrogens with one attached hydrogen (secondary N) is 1. The van der Waals surface area contributed by atoms with Gasteiger partial charge in [0, 0.05) is 16.7 Å². The number of aromatic nitrogens is 2. The minimum absolute atomic E-state index is 0.309. The monoisotopic (exact) mass is 409 g/mol. The van der Waals surface area contributed by atoms with Crippen molar-refractivity contribution >= 4 is 62.4 Å². The van der Waals surface area contributed by atoms with E-state index in [0.29, 0.717) is 27.2 Å². The molecule has 3 rings (SSSR count). The highest BCUT2D eigenvalue weighted by Crippen LogP contribution is 2.25. The fourth-order valence-electron chi connectivity index (χ4n) is 2.06. The van der Waals surface area contributed by atoms with Crippen LogP contribution in [0.1, 0.15) is 5.69 Å². The van der Waals surface area contributed by atoms with Crippen LogP contribution in [0, 0.1) is 0 Å². The molecule has 0 saturated heterocycles. The summed E-state index contributed by atoms with van der Waals surface area (Å²) in [6.07, 6.45) is 4.84. The molecule has 0 bridgehead atoms. The van der Waals surface area contributed by atoms with Crippen molar-refractivity contribution in [1.29, 1.82) is 0 Å². The van der Waals surface area contributed by atoms with Crippen molar-refractivity contribution in [2.45, 2.75) is 0 Å². The molecule has 23 heavy (non-hydrogen) atoms. The number of carbonyl (C=O) groups is 1. The number of imidazole rings is 1. The molecule has 3 aromatic rings. The summed E-state index contributed by atoms with van der Waals surface area (Å²) in [6.45, 7) is 0. The second kappa shape index (κ2) is 6.74. The van der Waals surface area contributed by atoms with Crippen molar-refractivity contribution in [3.63, 3.8) is 0 Å². The van der Waals surface area contributed by atoms with Crippen LogP contribution in [0.3, 0.4) is 0 Å². The summed E-state index contributed by atoms with van der Waals surface area (Å²) < 4.78 is 2.65. The number of fused-ring (bicyclic) bond motifs is 1. The van der Waals surface area contributed by atoms with Gasteiger partial charge in [0.1, 0.15) is 5.65 Å².